The predicted octanol–water partition coefficient (Wildman–Crippen LogP) is -2.20. The summed E-state index contributed by atoms with van der Waals surface area (Å²) in [5, 5.41) is 9.60. The fourth-order valence-corrected chi connectivity index (χ4v) is 2.55. The van der Waals surface area contributed by atoms with E-state index < -0.39 is 29.5 Å². The second kappa shape index (κ2) is 4.49. The molecule has 2 aliphatic heterocycles. The lowest BCUT2D eigenvalue weighted by atomic mass is 9.84. The first-order valence-electron chi connectivity index (χ1n) is 5.98. The van der Waals surface area contributed by atoms with Gasteiger partial charge in [0.15, 0.2) is 0 Å². The molecule has 0 bridgehead atoms. The molecule has 2 saturated heterocycles. The van der Waals surface area contributed by atoms with Crippen LogP contribution in [0.3, 0.4) is 0 Å². The molecule has 0 saturated carbocycles. The number of rotatable bonds is 2. The summed E-state index contributed by atoms with van der Waals surface area (Å²) in [5.74, 6) is -0.871. The third kappa shape index (κ3) is 1.98. The van der Waals surface area contributed by atoms with Crippen LogP contribution >= 0.6 is 0 Å². The number of hydrogen-bond donors (Lipinski definition) is 3. The van der Waals surface area contributed by atoms with Gasteiger partial charge in [0.2, 0.25) is 11.8 Å². The lowest BCUT2D eigenvalue weighted by Crippen LogP contribution is -2.55. The summed E-state index contributed by atoms with van der Waals surface area (Å²) in [5.41, 5.74) is 10.3. The van der Waals surface area contributed by atoms with Gasteiger partial charge in [-0.25, -0.2) is 0 Å². The van der Waals surface area contributed by atoms with Crippen molar-refractivity contribution in [2.24, 2.45) is 16.9 Å². The number of nitrogens with two attached hydrogens (primary N) is 2. The van der Waals surface area contributed by atoms with Crippen LogP contribution in [0.4, 0.5) is 0 Å². The molecular formula is C11H19N3O4. The van der Waals surface area contributed by atoms with E-state index in [2.05, 4.69) is 0 Å². The molecule has 2 aliphatic rings. The van der Waals surface area contributed by atoms with Gasteiger partial charge in [0.05, 0.1) is 24.7 Å². The monoisotopic (exact) mass is 257 g/mol. The number of aliphatic hydroxyl groups excluding tert-OH is 1. The van der Waals surface area contributed by atoms with E-state index in [9.17, 15) is 14.7 Å². The molecule has 18 heavy (non-hydrogen) atoms. The van der Waals surface area contributed by atoms with E-state index in [1.165, 1.54) is 4.90 Å². The molecule has 0 aromatic rings. The molecule has 2 heterocycles. The molecule has 102 valence electrons. The van der Waals surface area contributed by atoms with Crippen molar-refractivity contribution in [2.45, 2.75) is 31.5 Å². The van der Waals surface area contributed by atoms with E-state index in [-0.39, 0.29) is 25.5 Å². The number of nitrogens with zero attached hydrogens (tertiary/aromatic N) is 1. The minimum Gasteiger partial charge on any atom is -0.391 e. The standard InChI is InChI=1S/C11H19N3O4/c1-11(5-18-4-8(11)12)10(17)14-3-6(15)2-7(14)9(13)16/h6-8,15H,2-5,12H2,1H3,(H2,13,16). The van der Waals surface area contributed by atoms with Gasteiger partial charge in [-0.1, -0.05) is 0 Å². The zero-order valence-electron chi connectivity index (χ0n) is 10.3. The summed E-state index contributed by atoms with van der Waals surface area (Å²) in [6.45, 7) is 2.38. The average Bonchev–Trinajstić information content (AvgIpc) is 2.83. The Balaban J connectivity index is 2.20. The molecule has 5 N–H and O–H groups in total. The van der Waals surface area contributed by atoms with Crippen molar-refractivity contribution in [3.63, 3.8) is 0 Å². The smallest absolute Gasteiger partial charge is 0.240 e. The first-order valence-corrected chi connectivity index (χ1v) is 5.98. The van der Waals surface area contributed by atoms with Gasteiger partial charge >= 0.3 is 0 Å². The molecule has 2 fully saturated rings. The fraction of sp³-hybridized carbons (Fsp3) is 0.818. The highest BCUT2D eigenvalue weighted by Gasteiger charge is 2.50. The first-order chi connectivity index (χ1) is 8.36. The summed E-state index contributed by atoms with van der Waals surface area (Å²) < 4.78 is 5.22. The number of aliphatic hydroxyl groups is 1. The number of carbonyl (C=O) groups excluding carboxylic acids is 2. The van der Waals surface area contributed by atoms with E-state index in [0.717, 1.165) is 0 Å². The molecule has 0 aliphatic carbocycles. The van der Waals surface area contributed by atoms with E-state index >= 15 is 0 Å². The van der Waals surface area contributed by atoms with Crippen molar-refractivity contribution in [3.8, 4) is 0 Å². The van der Waals surface area contributed by atoms with Crippen LogP contribution in [0.15, 0.2) is 0 Å². The molecule has 0 aromatic heterocycles. The quantitative estimate of drug-likeness (QED) is 0.518. The number of likely N-dealkylation sites (tertiary alicyclic amines) is 1. The summed E-state index contributed by atoms with van der Waals surface area (Å²) in [7, 11) is 0. The molecular weight excluding hydrogens is 238 g/mol. The third-order valence-electron chi connectivity index (χ3n) is 3.87. The van der Waals surface area contributed by atoms with Crippen LogP contribution in [0.25, 0.3) is 0 Å². The lowest BCUT2D eigenvalue weighted by molar-refractivity contribution is -0.146. The van der Waals surface area contributed by atoms with Crippen molar-refractivity contribution >= 4 is 11.8 Å². The van der Waals surface area contributed by atoms with Gasteiger partial charge < -0.3 is 26.2 Å². The van der Waals surface area contributed by atoms with Crippen LogP contribution in [-0.4, -0.2) is 59.8 Å². The highest BCUT2D eigenvalue weighted by molar-refractivity contribution is 5.90. The molecule has 2 rings (SSSR count). The molecule has 4 atom stereocenters. The van der Waals surface area contributed by atoms with Crippen LogP contribution in [0.2, 0.25) is 0 Å². The normalized spacial score (nSPS) is 40.2. The third-order valence-corrected chi connectivity index (χ3v) is 3.87. The zero-order chi connectivity index (χ0) is 13.5. The first kappa shape index (κ1) is 13.3. The second-order valence-corrected chi connectivity index (χ2v) is 5.30. The van der Waals surface area contributed by atoms with E-state index in [1.807, 2.05) is 0 Å². The predicted molar refractivity (Wildman–Crippen MR) is 62.2 cm³/mol. The maximum atomic E-state index is 12.5. The Bertz CT molecular complexity index is 375. The Morgan fingerprint density at radius 3 is 2.67 bits per heavy atom. The number of carbonyl (C=O) groups is 2. The Hall–Kier alpha value is -1.18. The fourth-order valence-electron chi connectivity index (χ4n) is 2.55. The highest BCUT2D eigenvalue weighted by atomic mass is 16.5. The number of primary amides is 1. The van der Waals surface area contributed by atoms with Crippen LogP contribution in [0, 0.1) is 5.41 Å². The van der Waals surface area contributed by atoms with Crippen LogP contribution in [-0.2, 0) is 14.3 Å². The van der Waals surface area contributed by atoms with Gasteiger partial charge in [-0.15, -0.1) is 0 Å². The summed E-state index contributed by atoms with van der Waals surface area (Å²) in [6.07, 6.45) is -0.527. The lowest BCUT2D eigenvalue weighted by Gasteiger charge is -2.33. The minimum absolute atomic E-state index is 0.120. The van der Waals surface area contributed by atoms with Crippen LogP contribution in [0.1, 0.15) is 13.3 Å². The van der Waals surface area contributed by atoms with Crippen molar-refractivity contribution < 1.29 is 19.4 Å². The van der Waals surface area contributed by atoms with Crippen LogP contribution in [0.5, 0.6) is 0 Å². The van der Waals surface area contributed by atoms with Gasteiger partial charge in [-0.2, -0.15) is 0 Å². The maximum Gasteiger partial charge on any atom is 0.240 e. The van der Waals surface area contributed by atoms with Crippen molar-refractivity contribution in [1.29, 1.82) is 0 Å². The van der Waals surface area contributed by atoms with E-state index in [4.69, 9.17) is 16.2 Å². The molecule has 7 nitrogen and oxygen atoms in total. The number of amides is 2. The summed E-state index contributed by atoms with van der Waals surface area (Å²) >= 11 is 0. The molecule has 0 aromatic carbocycles. The topological polar surface area (TPSA) is 119 Å². The van der Waals surface area contributed by atoms with E-state index in [0.29, 0.717) is 6.61 Å². The SMILES string of the molecule is CC1(C(=O)N2CC(O)CC2C(N)=O)COCC1N. The van der Waals surface area contributed by atoms with E-state index in [1.54, 1.807) is 6.92 Å². The average molecular weight is 257 g/mol. The largest absolute Gasteiger partial charge is 0.391 e. The van der Waals surface area contributed by atoms with Crippen LogP contribution < -0.4 is 11.5 Å². The number of ether oxygens (including phenoxy) is 1. The molecule has 4 unspecified atom stereocenters. The highest BCUT2D eigenvalue weighted by Crippen LogP contribution is 2.32. The Morgan fingerprint density at radius 2 is 2.17 bits per heavy atom. The van der Waals surface area contributed by atoms with Gasteiger partial charge in [-0.05, 0) is 6.92 Å². The van der Waals surface area contributed by atoms with Gasteiger partial charge in [0.25, 0.3) is 0 Å². The number of hydrogen-bond acceptors (Lipinski definition) is 5. The maximum absolute atomic E-state index is 12.5. The Kier molecular flexibility index (Phi) is 3.31. The number of β-amino-alcohol motifs (C(OH)–C–C–N with tert-alkyl or cyclic N) is 1. The van der Waals surface area contributed by atoms with Gasteiger partial charge in [0, 0.05) is 19.0 Å². The van der Waals surface area contributed by atoms with Gasteiger partial charge in [0.1, 0.15) is 6.04 Å². The summed E-state index contributed by atoms with van der Waals surface area (Å²) in [6, 6.07) is -1.16. The molecule has 7 heteroatoms. The van der Waals surface area contributed by atoms with Crippen molar-refractivity contribution in [1.82, 2.24) is 4.90 Å². The van der Waals surface area contributed by atoms with Gasteiger partial charge in [-0.3, -0.25) is 9.59 Å². The second-order valence-electron chi connectivity index (χ2n) is 5.30. The van der Waals surface area contributed by atoms with Crippen molar-refractivity contribution in [2.75, 3.05) is 19.8 Å². The van der Waals surface area contributed by atoms with Crippen molar-refractivity contribution in [3.05, 3.63) is 0 Å². The minimum atomic E-state index is -0.849. The molecule has 0 spiro atoms. The summed E-state index contributed by atoms with van der Waals surface area (Å²) in [4.78, 5) is 25.1. The zero-order valence-corrected chi connectivity index (χ0v) is 10.3. The Labute approximate surface area is 105 Å². The molecule has 2 amide bonds. The molecule has 0 radical (unpaired) electrons. The Morgan fingerprint density at radius 1 is 1.50 bits per heavy atom.